The second-order valence-corrected chi connectivity index (χ2v) is 6.59. The molecule has 0 unspecified atom stereocenters. The van der Waals surface area contributed by atoms with Gasteiger partial charge in [-0.1, -0.05) is 29.5 Å². The molecule has 2 heterocycles. The zero-order valence-corrected chi connectivity index (χ0v) is 14.7. The second-order valence-electron chi connectivity index (χ2n) is 5.53. The highest BCUT2D eigenvalue weighted by Gasteiger charge is 2.09. The number of aromatic nitrogens is 4. The van der Waals surface area contributed by atoms with Crippen molar-refractivity contribution in [2.45, 2.75) is 6.54 Å². The SMILES string of the molecule is COc1cccc(Nc2nnc(Cn3c(=O)cnc4ccccc43)s2)c1. The maximum absolute atomic E-state index is 12.2. The van der Waals surface area contributed by atoms with Crippen LogP contribution in [-0.4, -0.2) is 26.9 Å². The van der Waals surface area contributed by atoms with Crippen molar-refractivity contribution < 1.29 is 4.74 Å². The lowest BCUT2D eigenvalue weighted by atomic mass is 10.3. The zero-order chi connectivity index (χ0) is 17.9. The van der Waals surface area contributed by atoms with Crippen LogP contribution in [0.5, 0.6) is 5.75 Å². The summed E-state index contributed by atoms with van der Waals surface area (Å²) in [6.45, 7) is 0.347. The Morgan fingerprint density at radius 1 is 1.15 bits per heavy atom. The molecule has 0 spiro atoms. The lowest BCUT2D eigenvalue weighted by Crippen LogP contribution is -2.20. The fourth-order valence-electron chi connectivity index (χ4n) is 2.61. The minimum atomic E-state index is -0.166. The van der Waals surface area contributed by atoms with Gasteiger partial charge in [0.05, 0.1) is 30.9 Å². The first-order chi connectivity index (χ1) is 12.7. The third-order valence-electron chi connectivity index (χ3n) is 3.83. The van der Waals surface area contributed by atoms with Crippen LogP contribution in [0.15, 0.2) is 59.5 Å². The van der Waals surface area contributed by atoms with Gasteiger partial charge in [0.1, 0.15) is 10.8 Å². The largest absolute Gasteiger partial charge is 0.497 e. The van der Waals surface area contributed by atoms with Gasteiger partial charge in [-0.15, -0.1) is 10.2 Å². The van der Waals surface area contributed by atoms with E-state index in [0.717, 1.165) is 27.5 Å². The van der Waals surface area contributed by atoms with Crippen molar-refractivity contribution in [2.75, 3.05) is 12.4 Å². The molecule has 0 radical (unpaired) electrons. The number of hydrogen-bond donors (Lipinski definition) is 1. The number of benzene rings is 2. The summed E-state index contributed by atoms with van der Waals surface area (Å²) in [6.07, 6.45) is 1.33. The van der Waals surface area contributed by atoms with Gasteiger partial charge in [-0.05, 0) is 24.3 Å². The molecule has 0 saturated heterocycles. The van der Waals surface area contributed by atoms with Crippen molar-refractivity contribution in [3.8, 4) is 5.75 Å². The fourth-order valence-corrected chi connectivity index (χ4v) is 3.35. The Labute approximate surface area is 152 Å². The first kappa shape index (κ1) is 16.2. The molecular formula is C18H15N5O2S. The Morgan fingerprint density at radius 2 is 2.04 bits per heavy atom. The summed E-state index contributed by atoms with van der Waals surface area (Å²) in [4.78, 5) is 16.4. The summed E-state index contributed by atoms with van der Waals surface area (Å²) in [5.74, 6) is 0.759. The highest BCUT2D eigenvalue weighted by molar-refractivity contribution is 7.15. The topological polar surface area (TPSA) is 81.9 Å². The Bertz CT molecular complexity index is 1120. The molecule has 130 valence electrons. The van der Waals surface area contributed by atoms with E-state index in [1.165, 1.54) is 17.5 Å². The van der Waals surface area contributed by atoms with Crippen LogP contribution in [0, 0.1) is 0 Å². The zero-order valence-electron chi connectivity index (χ0n) is 13.9. The normalized spacial score (nSPS) is 10.8. The molecule has 0 aliphatic carbocycles. The van der Waals surface area contributed by atoms with Gasteiger partial charge in [0, 0.05) is 11.8 Å². The smallest absolute Gasteiger partial charge is 0.269 e. The number of anilines is 2. The van der Waals surface area contributed by atoms with Crippen molar-refractivity contribution in [2.24, 2.45) is 0 Å². The number of rotatable bonds is 5. The molecule has 2 aromatic heterocycles. The average molecular weight is 365 g/mol. The predicted molar refractivity (Wildman–Crippen MR) is 101 cm³/mol. The number of nitrogens with zero attached hydrogens (tertiary/aromatic N) is 4. The van der Waals surface area contributed by atoms with Gasteiger partial charge in [0.2, 0.25) is 5.13 Å². The Kier molecular flexibility index (Phi) is 4.32. The van der Waals surface area contributed by atoms with Crippen LogP contribution in [0.25, 0.3) is 11.0 Å². The van der Waals surface area contributed by atoms with Crippen LogP contribution in [0.4, 0.5) is 10.8 Å². The van der Waals surface area contributed by atoms with E-state index in [1.54, 1.807) is 11.7 Å². The summed E-state index contributed by atoms with van der Waals surface area (Å²) in [5.41, 5.74) is 2.24. The standard InChI is InChI=1S/C18H15N5O2S/c1-25-13-6-4-5-12(9-13)20-18-22-21-16(26-18)11-23-15-8-3-2-7-14(15)19-10-17(23)24/h2-10H,11H2,1H3,(H,20,22). The monoisotopic (exact) mass is 365 g/mol. The molecule has 4 rings (SSSR count). The number of hydrogen-bond acceptors (Lipinski definition) is 7. The summed E-state index contributed by atoms with van der Waals surface area (Å²) in [7, 11) is 1.62. The van der Waals surface area contributed by atoms with E-state index in [0.29, 0.717) is 11.7 Å². The molecule has 0 bridgehead atoms. The van der Waals surface area contributed by atoms with Crippen LogP contribution in [-0.2, 0) is 6.54 Å². The summed E-state index contributed by atoms with van der Waals surface area (Å²) in [5, 5.41) is 12.9. The molecule has 7 nitrogen and oxygen atoms in total. The molecule has 0 amide bonds. The number of methoxy groups -OCH3 is 1. The van der Waals surface area contributed by atoms with Gasteiger partial charge in [-0.3, -0.25) is 9.36 Å². The van der Waals surface area contributed by atoms with E-state index in [1.807, 2.05) is 48.5 Å². The number of ether oxygens (including phenoxy) is 1. The van der Waals surface area contributed by atoms with E-state index < -0.39 is 0 Å². The van der Waals surface area contributed by atoms with E-state index >= 15 is 0 Å². The van der Waals surface area contributed by atoms with Crippen LogP contribution in [0.1, 0.15) is 5.01 Å². The van der Waals surface area contributed by atoms with Crippen molar-refractivity contribution in [3.05, 3.63) is 70.1 Å². The first-order valence-corrected chi connectivity index (χ1v) is 8.72. The third-order valence-corrected chi connectivity index (χ3v) is 4.66. The molecule has 0 fully saturated rings. The molecule has 2 aromatic carbocycles. The second kappa shape index (κ2) is 6.93. The van der Waals surface area contributed by atoms with Crippen molar-refractivity contribution in [1.82, 2.24) is 19.7 Å². The van der Waals surface area contributed by atoms with Gasteiger partial charge in [0.15, 0.2) is 0 Å². The van der Waals surface area contributed by atoms with E-state index in [-0.39, 0.29) is 5.56 Å². The maximum Gasteiger partial charge on any atom is 0.269 e. The Morgan fingerprint density at radius 3 is 2.92 bits per heavy atom. The molecule has 0 saturated carbocycles. The maximum atomic E-state index is 12.2. The lowest BCUT2D eigenvalue weighted by molar-refractivity contribution is 0.415. The van der Waals surface area contributed by atoms with Gasteiger partial charge in [-0.2, -0.15) is 0 Å². The average Bonchev–Trinajstić information content (AvgIpc) is 3.11. The van der Waals surface area contributed by atoms with Crippen LogP contribution in [0.3, 0.4) is 0 Å². The Hall–Kier alpha value is -3.26. The van der Waals surface area contributed by atoms with Crippen molar-refractivity contribution >= 4 is 33.2 Å². The van der Waals surface area contributed by atoms with E-state index in [4.69, 9.17) is 4.74 Å². The van der Waals surface area contributed by atoms with Crippen LogP contribution < -0.4 is 15.6 Å². The van der Waals surface area contributed by atoms with Gasteiger partial charge >= 0.3 is 0 Å². The molecule has 0 aliphatic heterocycles. The minimum absolute atomic E-state index is 0.166. The Balaban J connectivity index is 1.59. The lowest BCUT2D eigenvalue weighted by Gasteiger charge is -2.06. The molecule has 26 heavy (non-hydrogen) atoms. The van der Waals surface area contributed by atoms with Gasteiger partial charge in [-0.25, -0.2) is 4.98 Å². The van der Waals surface area contributed by atoms with Gasteiger partial charge < -0.3 is 10.1 Å². The fraction of sp³-hybridized carbons (Fsp3) is 0.111. The van der Waals surface area contributed by atoms with Crippen LogP contribution >= 0.6 is 11.3 Å². The summed E-state index contributed by atoms with van der Waals surface area (Å²) in [6, 6.07) is 15.1. The minimum Gasteiger partial charge on any atom is -0.497 e. The third kappa shape index (κ3) is 3.27. The van der Waals surface area contributed by atoms with Crippen LogP contribution in [0.2, 0.25) is 0 Å². The summed E-state index contributed by atoms with van der Waals surface area (Å²) < 4.78 is 6.87. The summed E-state index contributed by atoms with van der Waals surface area (Å²) >= 11 is 1.40. The molecule has 1 N–H and O–H groups in total. The molecule has 0 aliphatic rings. The first-order valence-electron chi connectivity index (χ1n) is 7.91. The number of fused-ring (bicyclic) bond motifs is 1. The van der Waals surface area contributed by atoms with E-state index in [9.17, 15) is 4.79 Å². The van der Waals surface area contributed by atoms with Crippen molar-refractivity contribution in [1.29, 1.82) is 0 Å². The van der Waals surface area contributed by atoms with Gasteiger partial charge in [0.25, 0.3) is 5.56 Å². The molecular weight excluding hydrogens is 350 g/mol. The molecule has 8 heteroatoms. The van der Waals surface area contributed by atoms with Crippen molar-refractivity contribution in [3.63, 3.8) is 0 Å². The molecule has 0 atom stereocenters. The number of nitrogens with one attached hydrogen (secondary N) is 1. The van der Waals surface area contributed by atoms with E-state index in [2.05, 4.69) is 20.5 Å². The quantitative estimate of drug-likeness (QED) is 0.585. The predicted octanol–water partition coefficient (Wildman–Crippen LogP) is 3.05. The highest BCUT2D eigenvalue weighted by atomic mass is 32.1. The highest BCUT2D eigenvalue weighted by Crippen LogP contribution is 2.24. The molecule has 4 aromatic rings. The number of para-hydroxylation sites is 2.